The number of ether oxygens (including phenoxy) is 1. The number of hydrogen-bond acceptors (Lipinski definition) is 2. The van der Waals surface area contributed by atoms with Gasteiger partial charge in [0, 0.05) is 21.1 Å². The van der Waals surface area contributed by atoms with E-state index in [2.05, 4.69) is 38.5 Å². The molecular weight excluding hydrogens is 385 g/mol. The van der Waals surface area contributed by atoms with Crippen molar-refractivity contribution in [2.45, 2.75) is 0 Å². The van der Waals surface area contributed by atoms with Crippen LogP contribution < -0.4 is 0 Å². The minimum absolute atomic E-state index is 0.0775. The molecule has 0 saturated carbocycles. The zero-order valence-electron chi connectivity index (χ0n) is 8.58. The summed E-state index contributed by atoms with van der Waals surface area (Å²) in [6.45, 7) is 2.62. The second kappa shape index (κ2) is 5.46. The first kappa shape index (κ1) is 12.3. The van der Waals surface area contributed by atoms with Crippen LogP contribution in [-0.4, -0.2) is 37.1 Å². The van der Waals surface area contributed by atoms with Crippen molar-refractivity contribution in [3.63, 3.8) is 0 Å². The fraction of sp³-hybridized carbons (Fsp3) is 0.364. The molecule has 3 nitrogen and oxygen atoms in total. The molecule has 0 N–H and O–H groups in total. The first-order valence-corrected chi connectivity index (χ1v) is 6.88. The molecule has 1 aromatic rings. The topological polar surface area (TPSA) is 29.5 Å². The molecule has 16 heavy (non-hydrogen) atoms. The van der Waals surface area contributed by atoms with Crippen molar-refractivity contribution in [3.8, 4) is 0 Å². The lowest BCUT2D eigenvalue weighted by atomic mass is 10.2. The molecule has 1 saturated heterocycles. The monoisotopic (exact) mass is 395 g/mol. The Balaban J connectivity index is 2.22. The third-order valence-electron chi connectivity index (χ3n) is 2.46. The van der Waals surface area contributed by atoms with Gasteiger partial charge in [-0.25, -0.2) is 0 Å². The number of benzene rings is 1. The molecule has 2 rings (SSSR count). The van der Waals surface area contributed by atoms with Crippen molar-refractivity contribution in [3.05, 3.63) is 31.8 Å². The molecular formula is C11H11BrINO2. The van der Waals surface area contributed by atoms with Gasteiger partial charge in [0.2, 0.25) is 0 Å². The molecule has 0 aromatic heterocycles. The molecule has 0 atom stereocenters. The Morgan fingerprint density at radius 1 is 1.38 bits per heavy atom. The van der Waals surface area contributed by atoms with Gasteiger partial charge in [-0.05, 0) is 56.7 Å². The molecule has 86 valence electrons. The lowest BCUT2D eigenvalue weighted by Crippen LogP contribution is -2.40. The zero-order valence-corrected chi connectivity index (χ0v) is 12.3. The predicted octanol–water partition coefficient (Wildman–Crippen LogP) is 2.53. The van der Waals surface area contributed by atoms with Crippen molar-refractivity contribution in [2.24, 2.45) is 0 Å². The predicted molar refractivity (Wildman–Crippen MR) is 73.6 cm³/mol. The maximum Gasteiger partial charge on any atom is 0.255 e. The van der Waals surface area contributed by atoms with Crippen LogP contribution in [0.2, 0.25) is 0 Å². The Hall–Kier alpha value is -0.140. The minimum atomic E-state index is 0.0775. The van der Waals surface area contributed by atoms with E-state index in [1.165, 1.54) is 0 Å². The summed E-state index contributed by atoms with van der Waals surface area (Å²) in [6.07, 6.45) is 0. The van der Waals surface area contributed by atoms with E-state index in [1.54, 1.807) is 0 Å². The van der Waals surface area contributed by atoms with E-state index in [0.29, 0.717) is 26.3 Å². The van der Waals surface area contributed by atoms with Crippen LogP contribution in [0.5, 0.6) is 0 Å². The molecule has 5 heteroatoms. The third kappa shape index (κ3) is 2.75. The Kier molecular flexibility index (Phi) is 4.21. The van der Waals surface area contributed by atoms with Crippen molar-refractivity contribution in [1.29, 1.82) is 0 Å². The summed E-state index contributed by atoms with van der Waals surface area (Å²) >= 11 is 5.63. The van der Waals surface area contributed by atoms with Gasteiger partial charge in [-0.2, -0.15) is 0 Å². The van der Waals surface area contributed by atoms with Crippen LogP contribution in [0.15, 0.2) is 22.7 Å². The van der Waals surface area contributed by atoms with Crippen molar-refractivity contribution in [1.82, 2.24) is 4.90 Å². The zero-order chi connectivity index (χ0) is 11.5. The van der Waals surface area contributed by atoms with Crippen molar-refractivity contribution < 1.29 is 9.53 Å². The molecule has 0 radical (unpaired) electrons. The summed E-state index contributed by atoms with van der Waals surface area (Å²) in [6, 6.07) is 5.79. The number of halogens is 2. The highest BCUT2D eigenvalue weighted by molar-refractivity contribution is 14.1. The van der Waals surface area contributed by atoms with Gasteiger partial charge in [0.15, 0.2) is 0 Å². The van der Waals surface area contributed by atoms with E-state index < -0.39 is 0 Å². The summed E-state index contributed by atoms with van der Waals surface area (Å²) in [5, 5.41) is 0. The lowest BCUT2D eigenvalue weighted by molar-refractivity contribution is 0.0302. The fourth-order valence-electron chi connectivity index (χ4n) is 1.60. The average Bonchev–Trinajstić information content (AvgIpc) is 2.32. The molecule has 1 aliphatic rings. The Morgan fingerprint density at radius 2 is 2.06 bits per heavy atom. The number of hydrogen-bond donors (Lipinski definition) is 0. The Labute approximate surface area is 116 Å². The number of carbonyl (C=O) groups is 1. The first-order valence-electron chi connectivity index (χ1n) is 5.00. The summed E-state index contributed by atoms with van der Waals surface area (Å²) < 4.78 is 7.15. The molecule has 1 fully saturated rings. The molecule has 0 spiro atoms. The number of amides is 1. The van der Waals surface area contributed by atoms with Crippen molar-refractivity contribution >= 4 is 44.4 Å². The maximum atomic E-state index is 12.2. The second-order valence-corrected chi connectivity index (χ2v) is 5.63. The van der Waals surface area contributed by atoms with Crippen LogP contribution in [-0.2, 0) is 4.74 Å². The van der Waals surface area contributed by atoms with E-state index in [-0.39, 0.29) is 5.91 Å². The Morgan fingerprint density at radius 3 is 2.75 bits per heavy atom. The fourth-order valence-corrected chi connectivity index (χ4v) is 2.51. The van der Waals surface area contributed by atoms with Crippen LogP contribution >= 0.6 is 38.5 Å². The van der Waals surface area contributed by atoms with E-state index >= 15 is 0 Å². The van der Waals surface area contributed by atoms with Gasteiger partial charge in [-0.15, -0.1) is 0 Å². The van der Waals surface area contributed by atoms with Crippen LogP contribution in [0, 0.1) is 3.57 Å². The van der Waals surface area contributed by atoms with E-state index in [1.807, 2.05) is 23.1 Å². The van der Waals surface area contributed by atoms with E-state index in [9.17, 15) is 4.79 Å². The lowest BCUT2D eigenvalue weighted by Gasteiger charge is -2.27. The largest absolute Gasteiger partial charge is 0.378 e. The van der Waals surface area contributed by atoms with Crippen molar-refractivity contribution in [2.75, 3.05) is 26.3 Å². The van der Waals surface area contributed by atoms with Gasteiger partial charge in [-0.3, -0.25) is 4.79 Å². The molecule has 0 bridgehead atoms. The van der Waals surface area contributed by atoms with Gasteiger partial charge in [0.25, 0.3) is 5.91 Å². The smallest absolute Gasteiger partial charge is 0.255 e. The van der Waals surface area contributed by atoms with E-state index in [0.717, 1.165) is 13.6 Å². The SMILES string of the molecule is O=C(c1cc(I)ccc1Br)N1CCOCC1. The van der Waals surface area contributed by atoms with E-state index in [4.69, 9.17) is 4.74 Å². The number of morpholine rings is 1. The summed E-state index contributed by atoms with van der Waals surface area (Å²) in [7, 11) is 0. The normalized spacial score (nSPS) is 16.2. The highest BCUT2D eigenvalue weighted by Gasteiger charge is 2.20. The highest BCUT2D eigenvalue weighted by Crippen LogP contribution is 2.21. The second-order valence-electron chi connectivity index (χ2n) is 3.53. The molecule has 1 amide bonds. The standard InChI is InChI=1S/C11H11BrINO2/c12-10-2-1-8(13)7-9(10)11(15)14-3-5-16-6-4-14/h1-2,7H,3-6H2. The van der Waals surface area contributed by atoms with Crippen LogP contribution in [0.1, 0.15) is 10.4 Å². The van der Waals surface area contributed by atoms with Gasteiger partial charge < -0.3 is 9.64 Å². The maximum absolute atomic E-state index is 12.2. The number of nitrogens with zero attached hydrogens (tertiary/aromatic N) is 1. The number of rotatable bonds is 1. The molecule has 0 aliphatic carbocycles. The van der Waals surface area contributed by atoms with Gasteiger partial charge in [0.1, 0.15) is 0 Å². The minimum Gasteiger partial charge on any atom is -0.378 e. The third-order valence-corrected chi connectivity index (χ3v) is 3.82. The summed E-state index contributed by atoms with van der Waals surface area (Å²) in [4.78, 5) is 14.0. The highest BCUT2D eigenvalue weighted by atomic mass is 127. The average molecular weight is 396 g/mol. The first-order chi connectivity index (χ1) is 7.68. The van der Waals surface area contributed by atoms with Gasteiger partial charge in [-0.1, -0.05) is 0 Å². The number of carbonyl (C=O) groups excluding carboxylic acids is 1. The van der Waals surface area contributed by atoms with Crippen LogP contribution in [0.3, 0.4) is 0 Å². The summed E-state index contributed by atoms with van der Waals surface area (Å²) in [5.74, 6) is 0.0775. The van der Waals surface area contributed by atoms with Gasteiger partial charge in [0.05, 0.1) is 18.8 Å². The quantitative estimate of drug-likeness (QED) is 0.684. The molecule has 1 aliphatic heterocycles. The summed E-state index contributed by atoms with van der Waals surface area (Å²) in [5.41, 5.74) is 0.730. The van der Waals surface area contributed by atoms with Crippen LogP contribution in [0.25, 0.3) is 0 Å². The van der Waals surface area contributed by atoms with Gasteiger partial charge >= 0.3 is 0 Å². The molecule has 0 unspecified atom stereocenters. The Bertz CT molecular complexity index is 405. The van der Waals surface area contributed by atoms with Crippen LogP contribution in [0.4, 0.5) is 0 Å². The molecule has 1 heterocycles. The molecule has 1 aromatic carbocycles.